The Balaban J connectivity index is 0.00000112. The molecule has 82 valence electrons. The molecule has 0 atom stereocenters. The van der Waals surface area contributed by atoms with Gasteiger partial charge in [0.15, 0.2) is 0 Å². The zero-order valence-electron chi connectivity index (χ0n) is 8.48. The van der Waals surface area contributed by atoms with Crippen LogP contribution in [0.2, 0.25) is 0 Å². The van der Waals surface area contributed by atoms with Gasteiger partial charge < -0.3 is 10.6 Å². The molecule has 1 aliphatic rings. The molecular weight excluding hydrogens is 212 g/mol. The number of anilines is 1. The number of rotatable bonds is 2. The summed E-state index contributed by atoms with van der Waals surface area (Å²) < 4.78 is 0. The third-order valence-electron chi connectivity index (χ3n) is 2.50. The lowest BCUT2D eigenvalue weighted by Gasteiger charge is -2.15. The second kappa shape index (κ2) is 5.03. The average Bonchev–Trinajstić information content (AvgIpc) is 2.52. The molecule has 0 radical (unpaired) electrons. The summed E-state index contributed by atoms with van der Waals surface area (Å²) in [4.78, 5) is 13.2. The predicted molar refractivity (Wildman–Crippen MR) is 62.8 cm³/mol. The number of hydrogen-bond acceptors (Lipinski definition) is 2. The fourth-order valence-corrected chi connectivity index (χ4v) is 1.78. The maximum Gasteiger partial charge on any atom is 0.222 e. The van der Waals surface area contributed by atoms with E-state index < -0.39 is 0 Å². The van der Waals surface area contributed by atoms with Crippen LogP contribution in [0.15, 0.2) is 24.3 Å². The van der Waals surface area contributed by atoms with Crippen molar-refractivity contribution in [3.05, 3.63) is 29.8 Å². The molecule has 1 aromatic rings. The van der Waals surface area contributed by atoms with Gasteiger partial charge in [-0.25, -0.2) is 0 Å². The van der Waals surface area contributed by atoms with Gasteiger partial charge in [-0.05, 0) is 24.1 Å². The fourth-order valence-electron chi connectivity index (χ4n) is 1.78. The van der Waals surface area contributed by atoms with Gasteiger partial charge in [0, 0.05) is 25.2 Å². The topological polar surface area (TPSA) is 46.3 Å². The summed E-state index contributed by atoms with van der Waals surface area (Å²) >= 11 is 0. The number of halogens is 1. The molecule has 15 heavy (non-hydrogen) atoms. The number of amides is 1. The van der Waals surface area contributed by atoms with Crippen LogP contribution in [0.4, 0.5) is 5.69 Å². The van der Waals surface area contributed by atoms with Crippen LogP contribution >= 0.6 is 12.4 Å². The first kappa shape index (κ1) is 11.9. The van der Waals surface area contributed by atoms with Crippen LogP contribution < -0.4 is 5.73 Å². The van der Waals surface area contributed by atoms with Crippen molar-refractivity contribution in [1.29, 1.82) is 0 Å². The zero-order valence-corrected chi connectivity index (χ0v) is 9.30. The molecular formula is C11H15ClN2O. The van der Waals surface area contributed by atoms with Crippen molar-refractivity contribution < 1.29 is 4.79 Å². The second-order valence-electron chi connectivity index (χ2n) is 3.66. The molecule has 0 aromatic heterocycles. The molecule has 0 spiro atoms. The largest absolute Gasteiger partial charge is 0.399 e. The Hall–Kier alpha value is -1.22. The highest BCUT2D eigenvalue weighted by Crippen LogP contribution is 2.15. The molecule has 0 bridgehead atoms. The highest BCUT2D eigenvalue weighted by Gasteiger charge is 2.19. The Bertz CT molecular complexity index is 354. The lowest BCUT2D eigenvalue weighted by Crippen LogP contribution is -2.23. The van der Waals surface area contributed by atoms with Gasteiger partial charge in [0.05, 0.1) is 0 Å². The summed E-state index contributed by atoms with van der Waals surface area (Å²) in [6.07, 6.45) is 1.68. The Morgan fingerprint density at radius 2 is 2.20 bits per heavy atom. The van der Waals surface area contributed by atoms with Crippen molar-refractivity contribution in [3.8, 4) is 0 Å². The van der Waals surface area contributed by atoms with Gasteiger partial charge in [-0.2, -0.15) is 0 Å². The maximum atomic E-state index is 11.4. The number of nitrogens with two attached hydrogens (primary N) is 1. The number of nitrogens with zero attached hydrogens (tertiary/aromatic N) is 1. The fraction of sp³-hybridized carbons (Fsp3) is 0.364. The van der Waals surface area contributed by atoms with E-state index in [0.29, 0.717) is 13.0 Å². The van der Waals surface area contributed by atoms with Gasteiger partial charge in [0.25, 0.3) is 0 Å². The number of carbonyl (C=O) groups is 1. The van der Waals surface area contributed by atoms with Crippen LogP contribution in [0.1, 0.15) is 18.4 Å². The van der Waals surface area contributed by atoms with E-state index >= 15 is 0 Å². The standard InChI is InChI=1S/C11H14N2O.ClH/c12-10-4-1-3-9(7-10)8-13-6-2-5-11(13)14;/h1,3-4,7H,2,5-6,8,12H2;1H. The summed E-state index contributed by atoms with van der Waals surface area (Å²) in [7, 11) is 0. The van der Waals surface area contributed by atoms with Crippen molar-refractivity contribution in [2.24, 2.45) is 0 Å². The van der Waals surface area contributed by atoms with Gasteiger partial charge in [-0.1, -0.05) is 12.1 Å². The second-order valence-corrected chi connectivity index (χ2v) is 3.66. The SMILES string of the molecule is Cl.Nc1cccc(CN2CCCC2=O)c1. The van der Waals surface area contributed by atoms with E-state index in [9.17, 15) is 4.79 Å². The monoisotopic (exact) mass is 226 g/mol. The smallest absolute Gasteiger partial charge is 0.222 e. The molecule has 1 heterocycles. The Labute approximate surface area is 95.7 Å². The summed E-state index contributed by atoms with van der Waals surface area (Å²) in [5, 5.41) is 0. The van der Waals surface area contributed by atoms with E-state index in [4.69, 9.17) is 5.73 Å². The molecule has 1 amide bonds. The molecule has 0 aliphatic carbocycles. The van der Waals surface area contributed by atoms with Crippen LogP contribution in [0.25, 0.3) is 0 Å². The van der Waals surface area contributed by atoms with E-state index in [-0.39, 0.29) is 18.3 Å². The number of benzene rings is 1. The van der Waals surface area contributed by atoms with Gasteiger partial charge in [-0.3, -0.25) is 4.79 Å². The van der Waals surface area contributed by atoms with Crippen LogP contribution in [-0.2, 0) is 11.3 Å². The van der Waals surface area contributed by atoms with Gasteiger partial charge >= 0.3 is 0 Å². The maximum absolute atomic E-state index is 11.4. The average molecular weight is 227 g/mol. The number of carbonyl (C=O) groups excluding carboxylic acids is 1. The van der Waals surface area contributed by atoms with E-state index in [1.165, 1.54) is 0 Å². The minimum Gasteiger partial charge on any atom is -0.399 e. The molecule has 2 rings (SSSR count). The quantitative estimate of drug-likeness (QED) is 0.782. The van der Waals surface area contributed by atoms with Gasteiger partial charge in [0.2, 0.25) is 5.91 Å². The van der Waals surface area contributed by atoms with E-state index in [1.54, 1.807) is 0 Å². The van der Waals surface area contributed by atoms with Crippen LogP contribution in [0.3, 0.4) is 0 Å². The van der Waals surface area contributed by atoms with E-state index in [0.717, 1.165) is 24.2 Å². The summed E-state index contributed by atoms with van der Waals surface area (Å²) in [5.74, 6) is 0.257. The van der Waals surface area contributed by atoms with Crippen molar-refractivity contribution in [2.45, 2.75) is 19.4 Å². The third-order valence-corrected chi connectivity index (χ3v) is 2.50. The Morgan fingerprint density at radius 3 is 2.80 bits per heavy atom. The first-order valence-electron chi connectivity index (χ1n) is 4.88. The lowest BCUT2D eigenvalue weighted by molar-refractivity contribution is -0.128. The zero-order chi connectivity index (χ0) is 9.97. The molecule has 1 aliphatic heterocycles. The number of hydrogen-bond donors (Lipinski definition) is 1. The van der Waals surface area contributed by atoms with Gasteiger partial charge in [-0.15, -0.1) is 12.4 Å². The normalized spacial score (nSPS) is 15.2. The molecule has 0 unspecified atom stereocenters. The van der Waals surface area contributed by atoms with E-state index in [2.05, 4.69) is 0 Å². The Morgan fingerprint density at radius 1 is 1.40 bits per heavy atom. The molecule has 1 saturated heterocycles. The lowest BCUT2D eigenvalue weighted by atomic mass is 10.2. The molecule has 1 fully saturated rings. The first-order chi connectivity index (χ1) is 6.75. The van der Waals surface area contributed by atoms with Crippen molar-refractivity contribution in [1.82, 2.24) is 4.90 Å². The summed E-state index contributed by atoms with van der Waals surface area (Å²) in [6, 6.07) is 7.70. The highest BCUT2D eigenvalue weighted by molar-refractivity contribution is 5.85. The van der Waals surface area contributed by atoms with E-state index in [1.807, 2.05) is 29.2 Å². The third kappa shape index (κ3) is 2.86. The van der Waals surface area contributed by atoms with Crippen molar-refractivity contribution in [3.63, 3.8) is 0 Å². The van der Waals surface area contributed by atoms with Crippen molar-refractivity contribution in [2.75, 3.05) is 12.3 Å². The molecule has 2 N–H and O–H groups in total. The van der Waals surface area contributed by atoms with Crippen LogP contribution in [0, 0.1) is 0 Å². The molecule has 3 nitrogen and oxygen atoms in total. The number of likely N-dealkylation sites (tertiary alicyclic amines) is 1. The van der Waals surface area contributed by atoms with Crippen LogP contribution in [0.5, 0.6) is 0 Å². The van der Waals surface area contributed by atoms with Crippen LogP contribution in [-0.4, -0.2) is 17.4 Å². The summed E-state index contributed by atoms with van der Waals surface area (Å²) in [5.41, 5.74) is 7.53. The minimum atomic E-state index is 0. The highest BCUT2D eigenvalue weighted by atomic mass is 35.5. The predicted octanol–water partition coefficient (Wildman–Crippen LogP) is 1.81. The molecule has 1 aromatic carbocycles. The van der Waals surface area contributed by atoms with Gasteiger partial charge in [0.1, 0.15) is 0 Å². The first-order valence-corrected chi connectivity index (χ1v) is 4.88. The molecule has 0 saturated carbocycles. The molecule has 4 heteroatoms. The minimum absolute atomic E-state index is 0. The van der Waals surface area contributed by atoms with Crippen molar-refractivity contribution >= 4 is 24.0 Å². The summed E-state index contributed by atoms with van der Waals surface area (Å²) in [6.45, 7) is 1.58. The number of nitrogen functional groups attached to an aromatic ring is 1. The Kier molecular flexibility index (Phi) is 3.97.